The molecule has 0 atom stereocenters. The van der Waals surface area contributed by atoms with Crippen LogP contribution < -0.4 is 10.9 Å². The molecule has 0 saturated heterocycles. The molecule has 0 spiro atoms. The maximum atomic E-state index is 11.5. The fourth-order valence-corrected chi connectivity index (χ4v) is 1.24. The predicted molar refractivity (Wildman–Crippen MR) is 50.8 cm³/mol. The number of anilines is 1. The number of benzene rings is 1. The maximum absolute atomic E-state index is 11.5. The van der Waals surface area contributed by atoms with E-state index < -0.39 is 0 Å². The molecule has 0 radical (unpaired) electrons. The van der Waals surface area contributed by atoms with Crippen LogP contribution in [0.25, 0.3) is 0 Å². The molecule has 0 aromatic heterocycles. The molecule has 1 aliphatic carbocycles. The van der Waals surface area contributed by atoms with Crippen molar-refractivity contribution in [3.8, 4) is 0 Å². The number of carbonyl (C=O) groups excluding carboxylic acids is 1. The summed E-state index contributed by atoms with van der Waals surface area (Å²) >= 11 is 0. The number of hydrogen-bond donors (Lipinski definition) is 1. The lowest BCUT2D eigenvalue weighted by molar-refractivity contribution is -0.119. The van der Waals surface area contributed by atoms with Gasteiger partial charge in [0.05, 0.1) is 5.69 Å². The zero-order valence-electron chi connectivity index (χ0n) is 7.31. The first-order valence-corrected chi connectivity index (χ1v) is 4.43. The van der Waals surface area contributed by atoms with Gasteiger partial charge in [-0.05, 0) is 25.0 Å². The van der Waals surface area contributed by atoms with Crippen molar-refractivity contribution >= 4 is 11.6 Å². The van der Waals surface area contributed by atoms with Crippen LogP contribution in [-0.4, -0.2) is 5.91 Å². The van der Waals surface area contributed by atoms with Crippen molar-refractivity contribution in [2.24, 2.45) is 11.8 Å². The lowest BCUT2D eigenvalue weighted by Crippen LogP contribution is -2.38. The van der Waals surface area contributed by atoms with Gasteiger partial charge in [0.25, 0.3) is 0 Å². The number of nitrogens with two attached hydrogens (primary N) is 1. The molecule has 1 fully saturated rings. The summed E-state index contributed by atoms with van der Waals surface area (Å²) in [5.41, 5.74) is 0.763. The number of rotatable bonds is 2. The molecule has 0 heterocycles. The molecular formula is C10H12N2O. The molecule has 68 valence electrons. The van der Waals surface area contributed by atoms with Crippen LogP contribution in [0.4, 0.5) is 5.69 Å². The van der Waals surface area contributed by atoms with Gasteiger partial charge in [-0.15, -0.1) is 0 Å². The Hall–Kier alpha value is -1.35. The second-order valence-electron chi connectivity index (χ2n) is 3.32. The minimum Gasteiger partial charge on any atom is -0.273 e. The van der Waals surface area contributed by atoms with Crippen molar-refractivity contribution in [2.75, 3.05) is 5.01 Å². The minimum absolute atomic E-state index is 0.0335. The summed E-state index contributed by atoms with van der Waals surface area (Å²) in [7, 11) is 0. The molecule has 2 N–H and O–H groups in total. The third-order valence-corrected chi connectivity index (χ3v) is 2.20. The van der Waals surface area contributed by atoms with Gasteiger partial charge in [0, 0.05) is 5.92 Å². The number of hydrazine groups is 1. The van der Waals surface area contributed by atoms with Crippen molar-refractivity contribution in [2.45, 2.75) is 12.8 Å². The van der Waals surface area contributed by atoms with Gasteiger partial charge in [-0.25, -0.2) is 10.9 Å². The summed E-state index contributed by atoms with van der Waals surface area (Å²) in [6.45, 7) is 0. The van der Waals surface area contributed by atoms with E-state index in [1.807, 2.05) is 30.3 Å². The van der Waals surface area contributed by atoms with Gasteiger partial charge in [0.1, 0.15) is 0 Å². The second kappa shape index (κ2) is 3.18. The van der Waals surface area contributed by atoms with E-state index in [-0.39, 0.29) is 11.8 Å². The quantitative estimate of drug-likeness (QED) is 0.419. The van der Waals surface area contributed by atoms with E-state index in [2.05, 4.69) is 0 Å². The number of amides is 1. The summed E-state index contributed by atoms with van der Waals surface area (Å²) in [5.74, 6) is 5.87. The van der Waals surface area contributed by atoms with E-state index in [1.54, 1.807) is 0 Å². The molecule has 1 aromatic rings. The molecule has 2 rings (SSSR count). The van der Waals surface area contributed by atoms with Gasteiger partial charge in [0.15, 0.2) is 0 Å². The second-order valence-corrected chi connectivity index (χ2v) is 3.32. The van der Waals surface area contributed by atoms with Gasteiger partial charge < -0.3 is 0 Å². The average molecular weight is 176 g/mol. The fourth-order valence-electron chi connectivity index (χ4n) is 1.24. The van der Waals surface area contributed by atoms with Crippen LogP contribution in [0.1, 0.15) is 12.8 Å². The number of para-hydroxylation sites is 1. The van der Waals surface area contributed by atoms with Crippen LogP contribution in [0, 0.1) is 5.92 Å². The summed E-state index contributed by atoms with van der Waals surface area (Å²) in [6, 6.07) is 9.31. The first-order valence-electron chi connectivity index (χ1n) is 4.43. The Morgan fingerprint density at radius 1 is 1.31 bits per heavy atom. The largest absolute Gasteiger partial charge is 0.273 e. The maximum Gasteiger partial charge on any atom is 0.244 e. The molecule has 0 aliphatic heterocycles. The highest BCUT2D eigenvalue weighted by molar-refractivity contribution is 5.95. The SMILES string of the molecule is NN(C(=O)C1CC1)c1ccccc1. The molecule has 1 amide bonds. The zero-order chi connectivity index (χ0) is 9.26. The van der Waals surface area contributed by atoms with Crippen molar-refractivity contribution < 1.29 is 4.79 Å². The number of nitrogens with zero attached hydrogens (tertiary/aromatic N) is 1. The molecule has 1 saturated carbocycles. The first-order chi connectivity index (χ1) is 6.29. The molecule has 0 unspecified atom stereocenters. The van der Waals surface area contributed by atoms with Gasteiger partial charge in [-0.1, -0.05) is 18.2 Å². The van der Waals surface area contributed by atoms with Gasteiger partial charge in [0.2, 0.25) is 5.91 Å². The summed E-state index contributed by atoms with van der Waals surface area (Å²) in [5, 5.41) is 1.25. The van der Waals surface area contributed by atoms with E-state index in [1.165, 1.54) is 5.01 Å². The molecular weight excluding hydrogens is 164 g/mol. The molecule has 1 aromatic carbocycles. The highest BCUT2D eigenvalue weighted by atomic mass is 16.2. The summed E-state index contributed by atoms with van der Waals surface area (Å²) in [6.07, 6.45) is 1.97. The van der Waals surface area contributed by atoms with Crippen molar-refractivity contribution in [1.82, 2.24) is 0 Å². The molecule has 1 aliphatic rings. The standard InChI is InChI=1S/C10H12N2O/c11-12(10(13)8-6-7-8)9-4-2-1-3-5-9/h1-5,8H,6-7,11H2. The van der Waals surface area contributed by atoms with Crippen LogP contribution in [0.15, 0.2) is 30.3 Å². The molecule has 3 nitrogen and oxygen atoms in total. The van der Waals surface area contributed by atoms with E-state index in [0.717, 1.165) is 18.5 Å². The van der Waals surface area contributed by atoms with Gasteiger partial charge >= 0.3 is 0 Å². The lowest BCUT2D eigenvalue weighted by atomic mass is 10.3. The van der Waals surface area contributed by atoms with Crippen molar-refractivity contribution in [3.63, 3.8) is 0 Å². The third kappa shape index (κ3) is 1.70. The Labute approximate surface area is 77.1 Å². The normalized spacial score (nSPS) is 15.5. The van der Waals surface area contributed by atoms with Crippen LogP contribution >= 0.6 is 0 Å². The highest BCUT2D eigenvalue weighted by Crippen LogP contribution is 2.31. The molecule has 13 heavy (non-hydrogen) atoms. The number of hydrogen-bond acceptors (Lipinski definition) is 2. The monoisotopic (exact) mass is 176 g/mol. The van der Waals surface area contributed by atoms with Crippen LogP contribution in [0.3, 0.4) is 0 Å². The van der Waals surface area contributed by atoms with Crippen molar-refractivity contribution in [1.29, 1.82) is 0 Å². The number of carbonyl (C=O) groups is 1. The predicted octanol–water partition coefficient (Wildman–Crippen LogP) is 1.30. The topological polar surface area (TPSA) is 46.3 Å². The molecule has 3 heteroatoms. The zero-order valence-corrected chi connectivity index (χ0v) is 7.31. The van der Waals surface area contributed by atoms with E-state index >= 15 is 0 Å². The first kappa shape index (κ1) is 8.26. The summed E-state index contributed by atoms with van der Waals surface area (Å²) in [4.78, 5) is 11.5. The van der Waals surface area contributed by atoms with Crippen LogP contribution in [-0.2, 0) is 4.79 Å². The average Bonchev–Trinajstić information content (AvgIpc) is 3.00. The fraction of sp³-hybridized carbons (Fsp3) is 0.300. The Bertz CT molecular complexity index is 306. The summed E-state index contributed by atoms with van der Waals surface area (Å²) < 4.78 is 0. The van der Waals surface area contributed by atoms with E-state index in [9.17, 15) is 4.79 Å². The van der Waals surface area contributed by atoms with Gasteiger partial charge in [-0.3, -0.25) is 4.79 Å². The van der Waals surface area contributed by atoms with E-state index in [0.29, 0.717) is 0 Å². The Morgan fingerprint density at radius 2 is 1.92 bits per heavy atom. The lowest BCUT2D eigenvalue weighted by Gasteiger charge is -2.15. The third-order valence-electron chi connectivity index (χ3n) is 2.20. The highest BCUT2D eigenvalue weighted by Gasteiger charge is 2.32. The minimum atomic E-state index is 0.0335. The Kier molecular flexibility index (Phi) is 2.02. The van der Waals surface area contributed by atoms with E-state index in [4.69, 9.17) is 5.84 Å². The van der Waals surface area contributed by atoms with Crippen molar-refractivity contribution in [3.05, 3.63) is 30.3 Å². The van der Waals surface area contributed by atoms with Crippen LogP contribution in [0.5, 0.6) is 0 Å². The van der Waals surface area contributed by atoms with Gasteiger partial charge in [-0.2, -0.15) is 0 Å². The molecule has 0 bridgehead atoms. The smallest absolute Gasteiger partial charge is 0.244 e. The Morgan fingerprint density at radius 3 is 2.46 bits per heavy atom. The Balaban J connectivity index is 2.12. The van der Waals surface area contributed by atoms with Crippen LogP contribution in [0.2, 0.25) is 0 Å².